The third-order valence-corrected chi connectivity index (χ3v) is 5.12. The van der Waals surface area contributed by atoms with Crippen LogP contribution in [0.4, 0.5) is 11.4 Å². The summed E-state index contributed by atoms with van der Waals surface area (Å²) in [6.45, 7) is 1.62. The number of hydrogen-bond acceptors (Lipinski definition) is 4. The fourth-order valence-electron chi connectivity index (χ4n) is 2.30. The Labute approximate surface area is 176 Å². The maximum absolute atomic E-state index is 12.3. The summed E-state index contributed by atoms with van der Waals surface area (Å²) < 4.78 is 5.59. The summed E-state index contributed by atoms with van der Waals surface area (Å²) in [7, 11) is 0. The Morgan fingerprint density at radius 3 is 2.29 bits per heavy atom. The molecule has 0 aliphatic heterocycles. The van der Waals surface area contributed by atoms with Crippen LogP contribution in [0.2, 0.25) is 10.0 Å². The van der Waals surface area contributed by atoms with E-state index in [0.717, 1.165) is 0 Å². The van der Waals surface area contributed by atoms with Crippen molar-refractivity contribution in [2.75, 3.05) is 10.6 Å². The van der Waals surface area contributed by atoms with Crippen LogP contribution >= 0.6 is 34.5 Å². The highest BCUT2D eigenvalue weighted by Gasteiger charge is 2.16. The number of anilines is 2. The Morgan fingerprint density at radius 1 is 1.00 bits per heavy atom. The number of rotatable bonds is 6. The summed E-state index contributed by atoms with van der Waals surface area (Å²) in [5, 5.41) is 8.22. The monoisotopic (exact) mass is 434 g/mol. The summed E-state index contributed by atoms with van der Waals surface area (Å²) >= 11 is 13.3. The zero-order chi connectivity index (χ0) is 20.1. The van der Waals surface area contributed by atoms with Crippen molar-refractivity contribution >= 4 is 57.7 Å². The fraction of sp³-hybridized carbons (Fsp3) is 0.100. The fourth-order valence-corrected chi connectivity index (χ4v) is 3.37. The van der Waals surface area contributed by atoms with E-state index in [2.05, 4.69) is 10.6 Å². The van der Waals surface area contributed by atoms with Gasteiger partial charge >= 0.3 is 0 Å². The van der Waals surface area contributed by atoms with Crippen LogP contribution in [-0.4, -0.2) is 17.9 Å². The first kappa shape index (κ1) is 20.2. The number of carbonyl (C=O) groups is 2. The SMILES string of the molecule is C[C@H](Oc1ccc(Cl)cc1Cl)C(=O)Nc1ccc(NC(=O)c2cccs2)cc1. The second-order valence-corrected chi connectivity index (χ2v) is 7.62. The lowest BCUT2D eigenvalue weighted by Gasteiger charge is -2.16. The number of ether oxygens (including phenoxy) is 1. The van der Waals surface area contributed by atoms with E-state index in [9.17, 15) is 9.59 Å². The predicted octanol–water partition coefficient (Wildman–Crippen LogP) is 5.71. The lowest BCUT2D eigenvalue weighted by atomic mass is 10.2. The van der Waals surface area contributed by atoms with Gasteiger partial charge in [-0.3, -0.25) is 9.59 Å². The molecule has 3 rings (SSSR count). The number of benzene rings is 2. The van der Waals surface area contributed by atoms with Crippen molar-refractivity contribution < 1.29 is 14.3 Å². The topological polar surface area (TPSA) is 67.4 Å². The standard InChI is InChI=1S/C20H16Cl2N2O3S/c1-12(27-17-9-4-13(21)11-16(17)22)19(25)23-14-5-7-15(8-6-14)24-20(26)18-3-2-10-28-18/h2-12H,1H3,(H,23,25)(H,24,26)/t12-/m0/s1. The van der Waals surface area contributed by atoms with Crippen LogP contribution in [0.5, 0.6) is 5.75 Å². The first-order chi connectivity index (χ1) is 13.4. The zero-order valence-electron chi connectivity index (χ0n) is 14.7. The molecule has 0 fully saturated rings. The molecule has 144 valence electrons. The van der Waals surface area contributed by atoms with Gasteiger partial charge in [-0.05, 0) is 60.8 Å². The summed E-state index contributed by atoms with van der Waals surface area (Å²) in [6.07, 6.45) is -0.767. The van der Waals surface area contributed by atoms with Crippen LogP contribution in [0, 0.1) is 0 Å². The number of thiophene rings is 1. The minimum absolute atomic E-state index is 0.173. The number of nitrogens with one attached hydrogen (secondary N) is 2. The third-order valence-electron chi connectivity index (χ3n) is 3.72. The lowest BCUT2D eigenvalue weighted by Crippen LogP contribution is -2.30. The minimum atomic E-state index is -0.767. The molecule has 0 saturated heterocycles. The van der Waals surface area contributed by atoms with Crippen LogP contribution < -0.4 is 15.4 Å². The Morgan fingerprint density at radius 2 is 1.68 bits per heavy atom. The van der Waals surface area contributed by atoms with Gasteiger partial charge in [-0.2, -0.15) is 0 Å². The quantitative estimate of drug-likeness (QED) is 0.521. The number of hydrogen-bond donors (Lipinski definition) is 2. The Bertz CT molecular complexity index is 976. The molecule has 0 aliphatic carbocycles. The second-order valence-electron chi connectivity index (χ2n) is 5.83. The number of amides is 2. The molecule has 8 heteroatoms. The van der Waals surface area contributed by atoms with Gasteiger partial charge in [-0.1, -0.05) is 29.3 Å². The van der Waals surface area contributed by atoms with Gasteiger partial charge in [0.15, 0.2) is 6.10 Å². The highest BCUT2D eigenvalue weighted by Crippen LogP contribution is 2.28. The normalized spacial score (nSPS) is 11.5. The van der Waals surface area contributed by atoms with Crippen LogP contribution in [0.15, 0.2) is 60.0 Å². The molecule has 28 heavy (non-hydrogen) atoms. The molecule has 2 amide bonds. The summed E-state index contributed by atoms with van der Waals surface area (Å²) in [5.74, 6) is -0.129. The van der Waals surface area contributed by atoms with E-state index in [1.54, 1.807) is 55.5 Å². The summed E-state index contributed by atoms with van der Waals surface area (Å²) in [6, 6.07) is 15.2. The first-order valence-electron chi connectivity index (χ1n) is 8.30. The lowest BCUT2D eigenvalue weighted by molar-refractivity contribution is -0.122. The molecule has 0 spiro atoms. The average molecular weight is 435 g/mol. The predicted molar refractivity (Wildman–Crippen MR) is 114 cm³/mol. The van der Waals surface area contributed by atoms with Gasteiger partial charge in [-0.25, -0.2) is 0 Å². The van der Waals surface area contributed by atoms with E-state index in [0.29, 0.717) is 32.0 Å². The van der Waals surface area contributed by atoms with Crippen molar-refractivity contribution in [2.45, 2.75) is 13.0 Å². The van der Waals surface area contributed by atoms with E-state index in [1.165, 1.54) is 11.3 Å². The van der Waals surface area contributed by atoms with Crippen LogP contribution in [0.1, 0.15) is 16.6 Å². The Balaban J connectivity index is 1.57. The molecule has 0 radical (unpaired) electrons. The van der Waals surface area contributed by atoms with Gasteiger partial charge in [0, 0.05) is 16.4 Å². The maximum atomic E-state index is 12.3. The molecular formula is C20H16Cl2N2O3S. The smallest absolute Gasteiger partial charge is 0.265 e. The largest absolute Gasteiger partial charge is 0.479 e. The number of carbonyl (C=O) groups excluding carboxylic acids is 2. The minimum Gasteiger partial charge on any atom is -0.479 e. The molecule has 0 aliphatic rings. The summed E-state index contributed by atoms with van der Waals surface area (Å²) in [4.78, 5) is 25.0. The van der Waals surface area contributed by atoms with Gasteiger partial charge in [0.1, 0.15) is 5.75 Å². The molecule has 0 unspecified atom stereocenters. The summed E-state index contributed by atoms with van der Waals surface area (Å²) in [5.41, 5.74) is 1.21. The van der Waals surface area contributed by atoms with Crippen LogP contribution in [0.3, 0.4) is 0 Å². The third kappa shape index (κ3) is 5.25. The maximum Gasteiger partial charge on any atom is 0.265 e. The highest BCUT2D eigenvalue weighted by atomic mass is 35.5. The van der Waals surface area contributed by atoms with Crippen molar-refractivity contribution in [3.63, 3.8) is 0 Å². The van der Waals surface area contributed by atoms with Gasteiger partial charge < -0.3 is 15.4 Å². The zero-order valence-corrected chi connectivity index (χ0v) is 17.1. The molecular weight excluding hydrogens is 419 g/mol. The van der Waals surface area contributed by atoms with E-state index in [-0.39, 0.29) is 11.8 Å². The Kier molecular flexibility index (Phi) is 6.57. The molecule has 5 nitrogen and oxygen atoms in total. The van der Waals surface area contributed by atoms with Gasteiger partial charge in [0.2, 0.25) is 0 Å². The van der Waals surface area contributed by atoms with Crippen molar-refractivity contribution in [1.29, 1.82) is 0 Å². The average Bonchev–Trinajstić information content (AvgIpc) is 3.20. The molecule has 2 N–H and O–H groups in total. The van der Waals surface area contributed by atoms with Crippen molar-refractivity contribution in [2.24, 2.45) is 0 Å². The molecule has 1 heterocycles. The molecule has 1 aromatic heterocycles. The highest BCUT2D eigenvalue weighted by molar-refractivity contribution is 7.12. The Hall–Kier alpha value is -2.54. The first-order valence-corrected chi connectivity index (χ1v) is 9.93. The molecule has 0 bridgehead atoms. The van der Waals surface area contributed by atoms with E-state index in [4.69, 9.17) is 27.9 Å². The van der Waals surface area contributed by atoms with Crippen molar-refractivity contribution in [3.05, 3.63) is 74.9 Å². The second kappa shape index (κ2) is 9.10. The van der Waals surface area contributed by atoms with Gasteiger partial charge in [0.05, 0.1) is 9.90 Å². The molecule has 1 atom stereocenters. The molecule has 0 saturated carbocycles. The molecule has 2 aromatic carbocycles. The van der Waals surface area contributed by atoms with Crippen molar-refractivity contribution in [1.82, 2.24) is 0 Å². The van der Waals surface area contributed by atoms with Crippen LogP contribution in [0.25, 0.3) is 0 Å². The van der Waals surface area contributed by atoms with E-state index >= 15 is 0 Å². The van der Waals surface area contributed by atoms with Crippen LogP contribution in [-0.2, 0) is 4.79 Å². The van der Waals surface area contributed by atoms with Gasteiger partial charge in [-0.15, -0.1) is 11.3 Å². The molecule has 3 aromatic rings. The number of halogens is 2. The van der Waals surface area contributed by atoms with Gasteiger partial charge in [0.25, 0.3) is 11.8 Å². The van der Waals surface area contributed by atoms with Crippen molar-refractivity contribution in [3.8, 4) is 5.75 Å². The van der Waals surface area contributed by atoms with E-state index < -0.39 is 6.10 Å². The van der Waals surface area contributed by atoms with E-state index in [1.807, 2.05) is 11.4 Å².